The average molecular weight is 276 g/mol. The molecule has 5 heteroatoms. The second-order valence-electron chi connectivity index (χ2n) is 4.32. The molecule has 0 aliphatic heterocycles. The van der Waals surface area contributed by atoms with Crippen molar-refractivity contribution < 1.29 is 0 Å². The lowest BCUT2D eigenvalue weighted by Gasteiger charge is -2.19. The second-order valence-corrected chi connectivity index (χ2v) is 5.33. The molecule has 0 radical (unpaired) electrons. The molecule has 0 saturated carbocycles. The van der Waals surface area contributed by atoms with E-state index in [2.05, 4.69) is 53.5 Å². The van der Waals surface area contributed by atoms with E-state index in [9.17, 15) is 0 Å². The van der Waals surface area contributed by atoms with Crippen molar-refractivity contribution in [3.8, 4) is 0 Å². The highest BCUT2D eigenvalue weighted by molar-refractivity contribution is 7.99. The molecular weight excluding hydrogens is 256 g/mol. The largest absolute Gasteiger partial charge is 0.310 e. The van der Waals surface area contributed by atoms with Crippen molar-refractivity contribution in [2.24, 2.45) is 7.05 Å². The summed E-state index contributed by atoms with van der Waals surface area (Å²) in [7, 11) is 1.92. The molecule has 19 heavy (non-hydrogen) atoms. The van der Waals surface area contributed by atoms with Gasteiger partial charge in [0.25, 0.3) is 0 Å². The van der Waals surface area contributed by atoms with Crippen LogP contribution >= 0.6 is 11.8 Å². The molecule has 0 fully saturated rings. The smallest absolute Gasteiger partial charge is 0.190 e. The molecule has 0 saturated heterocycles. The van der Waals surface area contributed by atoms with Crippen LogP contribution in [0.15, 0.2) is 40.6 Å². The van der Waals surface area contributed by atoms with Gasteiger partial charge in [0.05, 0.1) is 0 Å². The van der Waals surface area contributed by atoms with Gasteiger partial charge in [-0.25, -0.2) is 9.67 Å². The number of aromatic nitrogens is 3. The van der Waals surface area contributed by atoms with Crippen LogP contribution in [0, 0.1) is 0 Å². The Labute approximate surface area is 118 Å². The lowest BCUT2D eigenvalue weighted by Crippen LogP contribution is -2.20. The zero-order valence-electron chi connectivity index (χ0n) is 11.6. The number of nitrogens with one attached hydrogen (secondary N) is 1. The van der Waals surface area contributed by atoms with Gasteiger partial charge in [-0.05, 0) is 36.4 Å². The maximum absolute atomic E-state index is 4.28. The quantitative estimate of drug-likeness (QED) is 0.880. The van der Waals surface area contributed by atoms with Gasteiger partial charge in [0.1, 0.15) is 6.33 Å². The molecule has 1 aromatic heterocycles. The van der Waals surface area contributed by atoms with Gasteiger partial charge in [0.15, 0.2) is 5.16 Å². The molecule has 1 unspecified atom stereocenters. The Morgan fingerprint density at radius 2 is 2.11 bits per heavy atom. The summed E-state index contributed by atoms with van der Waals surface area (Å²) >= 11 is 1.67. The lowest BCUT2D eigenvalue weighted by molar-refractivity contribution is 0.530. The van der Waals surface area contributed by atoms with E-state index in [1.165, 1.54) is 10.5 Å². The third-order valence-corrected chi connectivity index (χ3v) is 4.17. The van der Waals surface area contributed by atoms with Crippen molar-refractivity contribution in [3.63, 3.8) is 0 Å². The lowest BCUT2D eigenvalue weighted by atomic mass is 10.0. The summed E-state index contributed by atoms with van der Waals surface area (Å²) in [6.45, 7) is 5.32. The van der Waals surface area contributed by atoms with Gasteiger partial charge in [0, 0.05) is 18.0 Å². The summed E-state index contributed by atoms with van der Waals surface area (Å²) in [4.78, 5) is 5.52. The van der Waals surface area contributed by atoms with Gasteiger partial charge < -0.3 is 5.32 Å². The minimum atomic E-state index is 0.391. The monoisotopic (exact) mass is 276 g/mol. The van der Waals surface area contributed by atoms with E-state index >= 15 is 0 Å². The number of hydrogen-bond acceptors (Lipinski definition) is 4. The number of rotatable bonds is 6. The zero-order valence-corrected chi connectivity index (χ0v) is 12.4. The highest BCUT2D eigenvalue weighted by Crippen LogP contribution is 2.32. The molecular formula is C14H20N4S. The van der Waals surface area contributed by atoms with E-state index in [4.69, 9.17) is 0 Å². The first-order chi connectivity index (χ1) is 9.26. The van der Waals surface area contributed by atoms with Gasteiger partial charge >= 0.3 is 0 Å². The van der Waals surface area contributed by atoms with Gasteiger partial charge in [-0.2, -0.15) is 5.10 Å². The van der Waals surface area contributed by atoms with E-state index in [0.29, 0.717) is 6.04 Å². The molecule has 1 heterocycles. The maximum atomic E-state index is 4.28. The summed E-state index contributed by atoms with van der Waals surface area (Å²) in [6.07, 6.45) is 2.66. The Kier molecular flexibility index (Phi) is 4.99. The third kappa shape index (κ3) is 3.36. The molecule has 0 spiro atoms. The van der Waals surface area contributed by atoms with E-state index in [-0.39, 0.29) is 0 Å². The fourth-order valence-corrected chi connectivity index (χ4v) is 3.01. The molecule has 2 aromatic rings. The average Bonchev–Trinajstić information content (AvgIpc) is 2.83. The topological polar surface area (TPSA) is 42.7 Å². The van der Waals surface area contributed by atoms with Crippen LogP contribution in [0.5, 0.6) is 0 Å². The van der Waals surface area contributed by atoms with Crippen LogP contribution in [0.1, 0.15) is 31.9 Å². The molecule has 0 bridgehead atoms. The molecule has 1 atom stereocenters. The predicted molar refractivity (Wildman–Crippen MR) is 78.3 cm³/mol. The van der Waals surface area contributed by atoms with E-state index in [1.54, 1.807) is 22.8 Å². The van der Waals surface area contributed by atoms with E-state index in [1.807, 2.05) is 7.05 Å². The molecule has 1 aromatic carbocycles. The summed E-state index contributed by atoms with van der Waals surface area (Å²) < 4.78 is 1.80. The van der Waals surface area contributed by atoms with E-state index in [0.717, 1.165) is 18.1 Å². The normalized spacial score (nSPS) is 12.6. The van der Waals surface area contributed by atoms with Crippen molar-refractivity contribution in [1.82, 2.24) is 20.1 Å². The van der Waals surface area contributed by atoms with Crippen molar-refractivity contribution >= 4 is 11.8 Å². The fourth-order valence-electron chi connectivity index (χ4n) is 2.06. The molecule has 102 valence electrons. The summed E-state index contributed by atoms with van der Waals surface area (Å²) in [5.41, 5.74) is 1.33. The fraction of sp³-hybridized carbons (Fsp3) is 0.429. The molecule has 1 N–H and O–H groups in total. The van der Waals surface area contributed by atoms with Crippen LogP contribution in [0.2, 0.25) is 0 Å². The van der Waals surface area contributed by atoms with Crippen molar-refractivity contribution in [1.29, 1.82) is 0 Å². The van der Waals surface area contributed by atoms with Crippen LogP contribution in [-0.4, -0.2) is 21.3 Å². The number of aryl methyl sites for hydroxylation is 1. The summed E-state index contributed by atoms with van der Waals surface area (Å²) in [5.74, 6) is 0. The van der Waals surface area contributed by atoms with Crippen LogP contribution in [-0.2, 0) is 7.05 Å². The Morgan fingerprint density at radius 1 is 1.32 bits per heavy atom. The highest BCUT2D eigenvalue weighted by Gasteiger charge is 2.14. The maximum Gasteiger partial charge on any atom is 0.190 e. The molecule has 0 aliphatic carbocycles. The molecule has 2 rings (SSSR count). The van der Waals surface area contributed by atoms with Crippen LogP contribution in [0.25, 0.3) is 0 Å². The Hall–Kier alpha value is -1.33. The Balaban J connectivity index is 2.27. The Morgan fingerprint density at radius 3 is 2.74 bits per heavy atom. The molecule has 4 nitrogen and oxygen atoms in total. The number of benzene rings is 1. The van der Waals surface area contributed by atoms with Crippen molar-refractivity contribution in [2.75, 3.05) is 6.54 Å². The number of hydrogen-bond donors (Lipinski definition) is 1. The van der Waals surface area contributed by atoms with Gasteiger partial charge in [0.2, 0.25) is 0 Å². The highest BCUT2D eigenvalue weighted by atomic mass is 32.2. The second kappa shape index (κ2) is 6.73. The SMILES string of the molecule is CCNC(CC)c1ccccc1Sc1ncnn1C. The molecule has 0 amide bonds. The number of nitrogens with zero attached hydrogens (tertiary/aromatic N) is 3. The van der Waals surface area contributed by atoms with Gasteiger partial charge in [-0.15, -0.1) is 0 Å². The summed E-state index contributed by atoms with van der Waals surface area (Å²) in [5, 5.41) is 8.56. The van der Waals surface area contributed by atoms with Crippen LogP contribution in [0.4, 0.5) is 0 Å². The third-order valence-electron chi connectivity index (χ3n) is 3.02. The van der Waals surface area contributed by atoms with Crippen LogP contribution in [0.3, 0.4) is 0 Å². The van der Waals surface area contributed by atoms with Crippen LogP contribution < -0.4 is 5.32 Å². The Bertz CT molecular complexity index is 524. The first-order valence-electron chi connectivity index (χ1n) is 6.60. The molecule has 0 aliphatic rings. The van der Waals surface area contributed by atoms with Crippen molar-refractivity contribution in [3.05, 3.63) is 36.2 Å². The van der Waals surface area contributed by atoms with Crippen molar-refractivity contribution in [2.45, 2.75) is 36.4 Å². The minimum absolute atomic E-state index is 0.391. The first-order valence-corrected chi connectivity index (χ1v) is 7.42. The predicted octanol–water partition coefficient (Wildman–Crippen LogP) is 3.03. The van der Waals surface area contributed by atoms with E-state index < -0.39 is 0 Å². The first kappa shape index (κ1) is 14.1. The van der Waals surface area contributed by atoms with Gasteiger partial charge in [-0.3, -0.25) is 0 Å². The minimum Gasteiger partial charge on any atom is -0.310 e. The standard InChI is InChI=1S/C14H20N4S/c1-4-12(15-5-2)11-8-6-7-9-13(11)19-14-16-10-17-18(14)3/h6-10,12,15H,4-5H2,1-3H3. The summed E-state index contributed by atoms with van der Waals surface area (Å²) in [6, 6.07) is 8.89. The van der Waals surface area contributed by atoms with Gasteiger partial charge in [-0.1, -0.05) is 32.0 Å². The zero-order chi connectivity index (χ0) is 13.7.